The molecule has 4 heteroatoms. The lowest BCUT2D eigenvalue weighted by Crippen LogP contribution is -2.19. The third kappa shape index (κ3) is 1.64. The minimum absolute atomic E-state index is 0.0543. The van der Waals surface area contributed by atoms with Crippen LogP contribution in [0.2, 0.25) is 0 Å². The van der Waals surface area contributed by atoms with Gasteiger partial charge in [-0.1, -0.05) is 0 Å². The number of nitrogens with zero attached hydrogens (tertiary/aromatic N) is 2. The molecule has 3 nitrogen and oxygen atoms in total. The van der Waals surface area contributed by atoms with Gasteiger partial charge < -0.3 is 9.47 Å². The van der Waals surface area contributed by atoms with Gasteiger partial charge in [0.15, 0.2) is 0 Å². The lowest BCUT2D eigenvalue weighted by Gasteiger charge is -2.17. The number of carbonyl (C=O) groups is 1. The van der Waals surface area contributed by atoms with E-state index in [1.165, 1.54) is 6.20 Å². The van der Waals surface area contributed by atoms with E-state index in [1.807, 2.05) is 25.2 Å². The van der Waals surface area contributed by atoms with Crippen LogP contribution in [0, 0.1) is 5.82 Å². The maximum Gasteiger partial charge on any atom is 0.207 e. The van der Waals surface area contributed by atoms with Crippen LogP contribution in [-0.4, -0.2) is 29.3 Å². The standard InChI is InChI=1S/C12H15FN2O/c1-14(2)6-8-4-5-9-10(13)7-15(3)11(9)12(8)16/h6-7H,4-5H2,1-3H3/b8-6-. The first-order valence-electron chi connectivity index (χ1n) is 5.26. The first-order valence-corrected chi connectivity index (χ1v) is 5.26. The number of halogens is 1. The van der Waals surface area contributed by atoms with Crippen LogP contribution in [0.25, 0.3) is 0 Å². The van der Waals surface area contributed by atoms with E-state index in [1.54, 1.807) is 11.6 Å². The molecular weight excluding hydrogens is 207 g/mol. The van der Waals surface area contributed by atoms with Crippen molar-refractivity contribution in [1.82, 2.24) is 9.47 Å². The van der Waals surface area contributed by atoms with Crippen molar-refractivity contribution >= 4 is 5.78 Å². The van der Waals surface area contributed by atoms with Crippen LogP contribution in [0.1, 0.15) is 22.5 Å². The summed E-state index contributed by atoms with van der Waals surface area (Å²) in [5, 5.41) is 0. The molecule has 1 aliphatic carbocycles. The average molecular weight is 222 g/mol. The minimum Gasteiger partial charge on any atom is -0.383 e. The summed E-state index contributed by atoms with van der Waals surface area (Å²) in [6.07, 6.45) is 4.41. The van der Waals surface area contributed by atoms with Crippen LogP contribution < -0.4 is 0 Å². The normalized spacial score (nSPS) is 17.8. The molecule has 0 N–H and O–H groups in total. The molecule has 0 bridgehead atoms. The first-order chi connectivity index (χ1) is 7.50. The molecule has 1 heterocycles. The number of hydrogen-bond donors (Lipinski definition) is 0. The van der Waals surface area contributed by atoms with Gasteiger partial charge in [-0.15, -0.1) is 0 Å². The van der Waals surface area contributed by atoms with Gasteiger partial charge in [0.05, 0.1) is 5.69 Å². The molecule has 1 aliphatic rings. The Morgan fingerprint density at radius 3 is 2.75 bits per heavy atom. The zero-order valence-corrected chi connectivity index (χ0v) is 9.75. The van der Waals surface area contributed by atoms with Crippen LogP contribution in [0.15, 0.2) is 18.0 Å². The number of hydrogen-bond acceptors (Lipinski definition) is 2. The second kappa shape index (κ2) is 3.77. The minimum atomic E-state index is -0.269. The molecule has 0 spiro atoms. The zero-order valence-electron chi connectivity index (χ0n) is 9.75. The Bertz CT molecular complexity index is 472. The number of carbonyl (C=O) groups excluding carboxylic acids is 1. The smallest absolute Gasteiger partial charge is 0.207 e. The Kier molecular flexibility index (Phi) is 2.58. The molecule has 0 saturated heterocycles. The molecule has 2 rings (SSSR count). The van der Waals surface area contributed by atoms with Gasteiger partial charge in [-0.05, 0) is 12.8 Å². The Morgan fingerprint density at radius 1 is 1.44 bits per heavy atom. The highest BCUT2D eigenvalue weighted by Crippen LogP contribution is 2.27. The van der Waals surface area contributed by atoms with E-state index in [-0.39, 0.29) is 11.6 Å². The maximum absolute atomic E-state index is 13.5. The van der Waals surface area contributed by atoms with Gasteiger partial charge in [0.1, 0.15) is 5.82 Å². The second-order valence-corrected chi connectivity index (χ2v) is 4.36. The highest BCUT2D eigenvalue weighted by molar-refractivity contribution is 6.09. The van der Waals surface area contributed by atoms with E-state index in [2.05, 4.69) is 0 Å². The molecule has 0 atom stereocenters. The van der Waals surface area contributed by atoms with Gasteiger partial charge in [0.2, 0.25) is 5.78 Å². The summed E-state index contributed by atoms with van der Waals surface area (Å²) in [6, 6.07) is 0. The lowest BCUT2D eigenvalue weighted by atomic mass is 9.92. The van der Waals surface area contributed by atoms with Crippen LogP contribution in [-0.2, 0) is 13.5 Å². The zero-order chi connectivity index (χ0) is 11.9. The van der Waals surface area contributed by atoms with E-state index in [0.717, 1.165) is 5.57 Å². The molecular formula is C12H15FN2O. The van der Waals surface area contributed by atoms with Gasteiger partial charge >= 0.3 is 0 Å². The quantitative estimate of drug-likeness (QED) is 0.676. The van der Waals surface area contributed by atoms with Crippen molar-refractivity contribution < 1.29 is 9.18 Å². The molecule has 0 fully saturated rings. The molecule has 1 aromatic heterocycles. The number of rotatable bonds is 1. The summed E-state index contributed by atoms with van der Waals surface area (Å²) in [5.41, 5.74) is 1.80. The molecule has 0 aliphatic heterocycles. The molecule has 0 unspecified atom stereocenters. The van der Waals surface area contributed by atoms with E-state index < -0.39 is 0 Å². The van der Waals surface area contributed by atoms with E-state index in [0.29, 0.717) is 24.1 Å². The highest BCUT2D eigenvalue weighted by Gasteiger charge is 2.27. The fourth-order valence-corrected chi connectivity index (χ4v) is 2.13. The molecule has 16 heavy (non-hydrogen) atoms. The molecule has 0 aromatic carbocycles. The van der Waals surface area contributed by atoms with Gasteiger partial charge in [-0.2, -0.15) is 0 Å². The fraction of sp³-hybridized carbons (Fsp3) is 0.417. The number of allylic oxidation sites excluding steroid dienone is 1. The summed E-state index contributed by atoms with van der Waals surface area (Å²) in [7, 11) is 5.46. The van der Waals surface area contributed by atoms with Crippen molar-refractivity contribution in [1.29, 1.82) is 0 Å². The van der Waals surface area contributed by atoms with Gasteiger partial charge in [-0.25, -0.2) is 4.39 Å². The number of fused-ring (bicyclic) bond motifs is 1. The van der Waals surface area contributed by atoms with Gasteiger partial charge in [0.25, 0.3) is 0 Å². The van der Waals surface area contributed by atoms with Crippen molar-refractivity contribution in [2.24, 2.45) is 7.05 Å². The molecule has 0 saturated carbocycles. The monoisotopic (exact) mass is 222 g/mol. The van der Waals surface area contributed by atoms with E-state index in [9.17, 15) is 9.18 Å². The Morgan fingerprint density at radius 2 is 2.12 bits per heavy atom. The Balaban J connectivity index is 2.47. The van der Waals surface area contributed by atoms with Crippen molar-refractivity contribution in [2.75, 3.05) is 14.1 Å². The van der Waals surface area contributed by atoms with Crippen LogP contribution in [0.3, 0.4) is 0 Å². The number of aromatic nitrogens is 1. The first kappa shape index (κ1) is 10.9. The summed E-state index contributed by atoms with van der Waals surface area (Å²) in [4.78, 5) is 13.9. The van der Waals surface area contributed by atoms with E-state index >= 15 is 0 Å². The van der Waals surface area contributed by atoms with Crippen molar-refractivity contribution in [3.8, 4) is 0 Å². The average Bonchev–Trinajstić information content (AvgIpc) is 2.46. The number of aryl methyl sites for hydroxylation is 1. The largest absolute Gasteiger partial charge is 0.383 e. The topological polar surface area (TPSA) is 25.2 Å². The van der Waals surface area contributed by atoms with Crippen molar-refractivity contribution in [3.63, 3.8) is 0 Å². The van der Waals surface area contributed by atoms with Crippen molar-refractivity contribution in [2.45, 2.75) is 12.8 Å². The predicted octanol–water partition coefficient (Wildman–Crippen LogP) is 1.74. The van der Waals surface area contributed by atoms with Crippen LogP contribution in [0.5, 0.6) is 0 Å². The predicted molar refractivity (Wildman–Crippen MR) is 59.8 cm³/mol. The number of ketones is 1. The van der Waals surface area contributed by atoms with E-state index in [4.69, 9.17) is 0 Å². The third-order valence-corrected chi connectivity index (χ3v) is 2.80. The van der Waals surface area contributed by atoms with Crippen LogP contribution in [0.4, 0.5) is 4.39 Å². The fourth-order valence-electron chi connectivity index (χ4n) is 2.13. The highest BCUT2D eigenvalue weighted by atomic mass is 19.1. The summed E-state index contributed by atoms with van der Waals surface area (Å²) in [6.45, 7) is 0. The Hall–Kier alpha value is -1.58. The molecule has 0 amide bonds. The summed E-state index contributed by atoms with van der Waals surface area (Å²) < 4.78 is 15.0. The van der Waals surface area contributed by atoms with Crippen molar-refractivity contribution in [3.05, 3.63) is 35.0 Å². The number of Topliss-reactive ketones (excluding diaryl/α,β-unsaturated/α-hetero) is 1. The SMILES string of the molecule is CN(C)/C=C1/CCc2c(F)cn(C)c2C1=O. The third-order valence-electron chi connectivity index (χ3n) is 2.80. The van der Waals surface area contributed by atoms with Gasteiger partial charge in [-0.3, -0.25) is 4.79 Å². The molecule has 0 radical (unpaired) electrons. The molecule has 1 aromatic rings. The molecule has 86 valence electrons. The summed E-state index contributed by atoms with van der Waals surface area (Å²) >= 11 is 0. The van der Waals surface area contributed by atoms with Crippen LogP contribution >= 0.6 is 0 Å². The summed E-state index contributed by atoms with van der Waals surface area (Å²) in [5.74, 6) is -0.323. The Labute approximate surface area is 94.2 Å². The second-order valence-electron chi connectivity index (χ2n) is 4.36. The van der Waals surface area contributed by atoms with Gasteiger partial charge in [0, 0.05) is 44.7 Å². The maximum atomic E-state index is 13.5. The lowest BCUT2D eigenvalue weighted by molar-refractivity contribution is 0.101.